The Kier molecular flexibility index (Phi) is 9.55. The highest BCUT2D eigenvalue weighted by atomic mass is 16.5. The van der Waals surface area contributed by atoms with Crippen molar-refractivity contribution in [3.05, 3.63) is 100 Å². The van der Waals surface area contributed by atoms with Crippen LogP contribution in [0.3, 0.4) is 0 Å². The van der Waals surface area contributed by atoms with E-state index in [4.69, 9.17) is 14.2 Å². The molecule has 0 saturated heterocycles. The van der Waals surface area contributed by atoms with E-state index in [0.29, 0.717) is 29.0 Å². The summed E-state index contributed by atoms with van der Waals surface area (Å²) in [7, 11) is 3.10. The summed E-state index contributed by atoms with van der Waals surface area (Å²) in [6, 6.07) is 17.2. The molecule has 2 atom stereocenters. The maximum Gasteiger partial charge on any atom is 0.408 e. The van der Waals surface area contributed by atoms with Gasteiger partial charge in [0, 0.05) is 17.8 Å². The van der Waals surface area contributed by atoms with E-state index in [1.807, 2.05) is 61.5 Å². The van der Waals surface area contributed by atoms with Crippen LogP contribution in [0.2, 0.25) is 0 Å². The third-order valence-corrected chi connectivity index (χ3v) is 8.88. The summed E-state index contributed by atoms with van der Waals surface area (Å²) in [5.74, 6) is 1.54. The normalized spacial score (nSPS) is 15.5. The SMILES string of the molecule is COc1ccc(Cn2nc(OC)cc(C(C)n3cc(NC(=O)C(NC(=O)OCc4ccccc4)C(C4CC4)C4CC4)cn3)c2=O)cc1. The molecule has 12 nitrogen and oxygen atoms in total. The van der Waals surface area contributed by atoms with Gasteiger partial charge in [0.2, 0.25) is 11.8 Å². The first-order chi connectivity index (χ1) is 22.8. The van der Waals surface area contributed by atoms with Crippen molar-refractivity contribution in [2.24, 2.45) is 17.8 Å². The fourth-order valence-corrected chi connectivity index (χ4v) is 6.04. The van der Waals surface area contributed by atoms with Crippen LogP contribution in [0.1, 0.15) is 55.3 Å². The number of nitrogens with zero attached hydrogens (tertiary/aromatic N) is 4. The monoisotopic (exact) mass is 640 g/mol. The standard InChI is InChI=1S/C35H40N6O6/c1-22(29-17-30(46-3)39-41(34(29)43)19-23-9-15-28(45-2)16-10-23)40-20-27(18-36-40)37-33(42)32(31(25-11-12-25)26-13-14-26)38-35(44)47-21-24-7-5-4-6-8-24/h4-10,15-18,20,22,25-26,31-32H,11-14,19,21H2,1-3H3,(H,37,42)(H,38,44). The summed E-state index contributed by atoms with van der Waals surface area (Å²) < 4.78 is 19.1. The molecule has 2 heterocycles. The number of alkyl carbamates (subject to hydrolysis) is 1. The minimum absolute atomic E-state index is 0.0432. The summed E-state index contributed by atoms with van der Waals surface area (Å²) in [5.41, 5.74) is 2.33. The number of rotatable bonds is 14. The summed E-state index contributed by atoms with van der Waals surface area (Å²) in [6.07, 6.45) is 6.79. The van der Waals surface area contributed by atoms with Crippen LogP contribution < -0.4 is 25.7 Å². The predicted molar refractivity (Wildman–Crippen MR) is 174 cm³/mol. The number of anilines is 1. The van der Waals surface area contributed by atoms with Gasteiger partial charge >= 0.3 is 6.09 Å². The van der Waals surface area contributed by atoms with Crippen molar-refractivity contribution in [2.75, 3.05) is 19.5 Å². The lowest BCUT2D eigenvalue weighted by atomic mass is 9.89. The molecular formula is C35H40N6O6. The topological polar surface area (TPSA) is 139 Å². The highest BCUT2D eigenvalue weighted by Crippen LogP contribution is 2.51. The number of carbonyl (C=O) groups excluding carboxylic acids is 2. The molecule has 2 unspecified atom stereocenters. The lowest BCUT2D eigenvalue weighted by molar-refractivity contribution is -0.119. The number of hydrogen-bond acceptors (Lipinski definition) is 8. The first-order valence-corrected chi connectivity index (χ1v) is 15.9. The molecule has 2 N–H and O–H groups in total. The number of nitrogens with one attached hydrogen (secondary N) is 2. The fourth-order valence-electron chi connectivity index (χ4n) is 6.04. The quantitative estimate of drug-likeness (QED) is 0.201. The summed E-state index contributed by atoms with van der Waals surface area (Å²) in [5, 5.41) is 14.7. The molecule has 0 spiro atoms. The maximum absolute atomic E-state index is 13.8. The van der Waals surface area contributed by atoms with Gasteiger partial charge in [-0.25, -0.2) is 9.48 Å². The molecule has 12 heteroatoms. The molecule has 4 aromatic rings. The summed E-state index contributed by atoms with van der Waals surface area (Å²) in [4.78, 5) is 40.2. The molecule has 0 bridgehead atoms. The molecule has 2 aliphatic carbocycles. The first-order valence-electron chi connectivity index (χ1n) is 15.9. The van der Waals surface area contributed by atoms with E-state index in [9.17, 15) is 14.4 Å². The van der Waals surface area contributed by atoms with Crippen LogP contribution >= 0.6 is 0 Å². The van der Waals surface area contributed by atoms with Crippen LogP contribution in [-0.4, -0.2) is 51.8 Å². The van der Waals surface area contributed by atoms with E-state index in [1.165, 1.54) is 18.0 Å². The summed E-state index contributed by atoms with van der Waals surface area (Å²) in [6.45, 7) is 2.20. The van der Waals surface area contributed by atoms with Crippen molar-refractivity contribution in [1.29, 1.82) is 0 Å². The van der Waals surface area contributed by atoms with Crippen LogP contribution in [0.4, 0.5) is 10.5 Å². The highest BCUT2D eigenvalue weighted by molar-refractivity contribution is 5.96. The van der Waals surface area contributed by atoms with Gasteiger partial charge in [0.1, 0.15) is 18.4 Å². The molecular weight excluding hydrogens is 600 g/mol. The number of benzene rings is 2. The van der Waals surface area contributed by atoms with Crippen molar-refractivity contribution in [2.45, 2.75) is 57.8 Å². The molecule has 0 aliphatic heterocycles. The van der Waals surface area contributed by atoms with E-state index in [1.54, 1.807) is 24.1 Å². The van der Waals surface area contributed by atoms with Crippen molar-refractivity contribution < 1.29 is 23.8 Å². The number of ether oxygens (including phenoxy) is 3. The van der Waals surface area contributed by atoms with E-state index in [2.05, 4.69) is 20.8 Å². The minimum atomic E-state index is -0.742. The molecule has 2 aliphatic rings. The number of methoxy groups -OCH3 is 2. The molecule has 246 valence electrons. The Morgan fingerprint density at radius 3 is 2.30 bits per heavy atom. The Hall–Kier alpha value is -5.13. The maximum atomic E-state index is 13.8. The van der Waals surface area contributed by atoms with Crippen LogP contribution in [0.25, 0.3) is 0 Å². The van der Waals surface area contributed by atoms with Gasteiger partial charge in [-0.15, -0.1) is 5.10 Å². The van der Waals surface area contributed by atoms with Crippen LogP contribution in [0.5, 0.6) is 11.6 Å². The molecule has 6 rings (SSSR count). The van der Waals surface area contributed by atoms with Gasteiger partial charge in [-0.3, -0.25) is 14.3 Å². The van der Waals surface area contributed by atoms with Gasteiger partial charge in [-0.05, 0) is 73.6 Å². The van der Waals surface area contributed by atoms with Crippen molar-refractivity contribution in [3.8, 4) is 11.6 Å². The van der Waals surface area contributed by atoms with Gasteiger partial charge in [0.05, 0.1) is 38.7 Å². The average molecular weight is 641 g/mol. The molecule has 0 radical (unpaired) electrons. The second-order valence-corrected chi connectivity index (χ2v) is 12.3. The lowest BCUT2D eigenvalue weighted by Crippen LogP contribution is -2.50. The second-order valence-electron chi connectivity index (χ2n) is 12.3. The average Bonchev–Trinajstić information content (AvgIpc) is 4.04. The van der Waals surface area contributed by atoms with Gasteiger partial charge < -0.3 is 24.8 Å². The third kappa shape index (κ3) is 7.82. The molecule has 2 saturated carbocycles. The predicted octanol–water partition coefficient (Wildman–Crippen LogP) is 4.78. The largest absolute Gasteiger partial charge is 0.497 e. The Morgan fingerprint density at radius 2 is 1.66 bits per heavy atom. The first kappa shape index (κ1) is 31.8. The zero-order valence-corrected chi connectivity index (χ0v) is 26.8. The lowest BCUT2D eigenvalue weighted by Gasteiger charge is -2.27. The Morgan fingerprint density at radius 1 is 0.957 bits per heavy atom. The van der Waals surface area contributed by atoms with E-state index >= 15 is 0 Å². The number of aromatic nitrogens is 4. The van der Waals surface area contributed by atoms with Crippen molar-refractivity contribution in [1.82, 2.24) is 24.9 Å². The van der Waals surface area contributed by atoms with Crippen LogP contribution in [0, 0.1) is 17.8 Å². The van der Waals surface area contributed by atoms with Crippen molar-refractivity contribution >= 4 is 17.7 Å². The number of carbonyl (C=O) groups is 2. The molecule has 2 aromatic heterocycles. The number of amides is 2. The van der Waals surface area contributed by atoms with Crippen LogP contribution in [-0.2, 0) is 22.7 Å². The van der Waals surface area contributed by atoms with E-state index < -0.39 is 18.2 Å². The minimum Gasteiger partial charge on any atom is -0.497 e. The highest BCUT2D eigenvalue weighted by Gasteiger charge is 2.48. The summed E-state index contributed by atoms with van der Waals surface area (Å²) >= 11 is 0. The van der Waals surface area contributed by atoms with E-state index in [-0.39, 0.29) is 30.5 Å². The Labute approximate surface area is 273 Å². The molecule has 2 aromatic carbocycles. The molecule has 2 amide bonds. The Balaban J connectivity index is 1.17. The second kappa shape index (κ2) is 14.1. The fraction of sp³-hybridized carbons (Fsp3) is 0.400. The zero-order valence-electron chi connectivity index (χ0n) is 26.8. The van der Waals surface area contributed by atoms with Crippen molar-refractivity contribution in [3.63, 3.8) is 0 Å². The van der Waals surface area contributed by atoms with Gasteiger partial charge in [0.25, 0.3) is 5.56 Å². The number of hydrogen-bond donors (Lipinski definition) is 2. The zero-order chi connectivity index (χ0) is 32.9. The van der Waals surface area contributed by atoms with Gasteiger partial charge in [0.15, 0.2) is 0 Å². The smallest absolute Gasteiger partial charge is 0.408 e. The van der Waals surface area contributed by atoms with Gasteiger partial charge in [-0.2, -0.15) is 5.10 Å². The Bertz CT molecular complexity index is 1730. The molecule has 2 fully saturated rings. The van der Waals surface area contributed by atoms with E-state index in [0.717, 1.165) is 42.6 Å². The third-order valence-electron chi connectivity index (χ3n) is 8.88. The van der Waals surface area contributed by atoms with Gasteiger partial charge in [-0.1, -0.05) is 42.5 Å². The van der Waals surface area contributed by atoms with Crippen LogP contribution in [0.15, 0.2) is 77.9 Å². The molecule has 47 heavy (non-hydrogen) atoms.